The first-order chi connectivity index (χ1) is 9.96. The third kappa shape index (κ3) is 5.57. The van der Waals surface area contributed by atoms with Crippen LogP contribution in [0.2, 0.25) is 5.02 Å². The van der Waals surface area contributed by atoms with Crippen molar-refractivity contribution in [3.63, 3.8) is 0 Å². The smallest absolute Gasteiger partial charge is 0.0869 e. The molecule has 2 N–H and O–H groups in total. The molecule has 1 aromatic rings. The van der Waals surface area contributed by atoms with Crippen molar-refractivity contribution in [2.75, 3.05) is 39.4 Å². The zero-order valence-corrected chi connectivity index (χ0v) is 13.6. The highest BCUT2D eigenvalue weighted by atomic mass is 35.5. The van der Waals surface area contributed by atoms with E-state index in [1.165, 1.54) is 11.1 Å². The van der Waals surface area contributed by atoms with Crippen molar-refractivity contribution in [1.29, 1.82) is 0 Å². The standard InChI is InChI=1S/C16H25ClN2O2/c1-13-9-15(17)4-3-14(13)10-18-11-16(2,20)12-19-5-7-21-8-6-19/h3-4,9,18,20H,5-8,10-12H2,1-2H3/t16-/m0/s1. The van der Waals surface area contributed by atoms with E-state index in [1.54, 1.807) is 0 Å². The molecule has 1 atom stereocenters. The van der Waals surface area contributed by atoms with Crippen LogP contribution in [0.1, 0.15) is 18.1 Å². The lowest BCUT2D eigenvalue weighted by molar-refractivity contribution is -0.0219. The van der Waals surface area contributed by atoms with Crippen LogP contribution in [0.25, 0.3) is 0 Å². The second-order valence-electron chi connectivity index (χ2n) is 6.06. The molecule has 4 nitrogen and oxygen atoms in total. The van der Waals surface area contributed by atoms with Crippen LogP contribution in [0.15, 0.2) is 18.2 Å². The number of benzene rings is 1. The molecule has 1 aliphatic heterocycles. The van der Waals surface area contributed by atoms with Gasteiger partial charge in [-0.25, -0.2) is 0 Å². The van der Waals surface area contributed by atoms with Gasteiger partial charge in [-0.2, -0.15) is 0 Å². The van der Waals surface area contributed by atoms with Gasteiger partial charge in [-0.15, -0.1) is 0 Å². The number of β-amino-alcohol motifs (C(OH)–C–C–N with tert-alkyl or cyclic N) is 1. The second kappa shape index (κ2) is 7.56. The molecule has 1 aliphatic rings. The van der Waals surface area contributed by atoms with Gasteiger partial charge < -0.3 is 15.2 Å². The van der Waals surface area contributed by atoms with Crippen molar-refractivity contribution < 1.29 is 9.84 Å². The van der Waals surface area contributed by atoms with Crippen LogP contribution < -0.4 is 5.32 Å². The molecule has 5 heteroatoms. The summed E-state index contributed by atoms with van der Waals surface area (Å²) in [6, 6.07) is 5.89. The van der Waals surface area contributed by atoms with Crippen molar-refractivity contribution in [3.8, 4) is 0 Å². The monoisotopic (exact) mass is 312 g/mol. The van der Waals surface area contributed by atoms with Gasteiger partial charge in [0, 0.05) is 37.7 Å². The van der Waals surface area contributed by atoms with Gasteiger partial charge >= 0.3 is 0 Å². The highest BCUT2D eigenvalue weighted by Gasteiger charge is 2.24. The molecule has 0 unspecified atom stereocenters. The van der Waals surface area contributed by atoms with Crippen LogP contribution in [0.4, 0.5) is 0 Å². The van der Waals surface area contributed by atoms with E-state index in [-0.39, 0.29) is 0 Å². The van der Waals surface area contributed by atoms with Crippen molar-refractivity contribution >= 4 is 11.6 Å². The number of aryl methyl sites for hydroxylation is 1. The Morgan fingerprint density at radius 3 is 2.76 bits per heavy atom. The largest absolute Gasteiger partial charge is 0.388 e. The van der Waals surface area contributed by atoms with Gasteiger partial charge in [0.15, 0.2) is 0 Å². The Balaban J connectivity index is 1.78. The Morgan fingerprint density at radius 1 is 1.38 bits per heavy atom. The Kier molecular flexibility index (Phi) is 6.02. The van der Waals surface area contributed by atoms with E-state index < -0.39 is 5.60 Å². The minimum absolute atomic E-state index is 0.562. The predicted octanol–water partition coefficient (Wildman–Crippen LogP) is 1.82. The molecule has 1 heterocycles. The quantitative estimate of drug-likeness (QED) is 0.841. The van der Waals surface area contributed by atoms with Gasteiger partial charge in [-0.1, -0.05) is 17.7 Å². The number of morpholine rings is 1. The van der Waals surface area contributed by atoms with Gasteiger partial charge in [0.2, 0.25) is 0 Å². The van der Waals surface area contributed by atoms with Crippen molar-refractivity contribution in [2.24, 2.45) is 0 Å². The summed E-state index contributed by atoms with van der Waals surface area (Å²) in [7, 11) is 0. The van der Waals surface area contributed by atoms with Crippen molar-refractivity contribution in [3.05, 3.63) is 34.3 Å². The topological polar surface area (TPSA) is 44.7 Å². The molecule has 0 saturated carbocycles. The molecule has 0 radical (unpaired) electrons. The summed E-state index contributed by atoms with van der Waals surface area (Å²) in [5, 5.41) is 14.6. The molecule has 0 bridgehead atoms. The lowest BCUT2D eigenvalue weighted by Crippen LogP contribution is -2.50. The summed E-state index contributed by atoms with van der Waals surface area (Å²) >= 11 is 5.96. The van der Waals surface area contributed by atoms with Crippen molar-refractivity contribution in [2.45, 2.75) is 26.0 Å². The van der Waals surface area contributed by atoms with E-state index in [1.807, 2.05) is 25.1 Å². The Labute approximate surface area is 132 Å². The van der Waals surface area contributed by atoms with Gasteiger partial charge in [-0.05, 0) is 37.1 Å². The van der Waals surface area contributed by atoms with Crippen LogP contribution in [0.3, 0.4) is 0 Å². The van der Waals surface area contributed by atoms with Crippen LogP contribution in [-0.4, -0.2) is 55.0 Å². The lowest BCUT2D eigenvalue weighted by atomic mass is 10.1. The molecule has 1 fully saturated rings. The van der Waals surface area contributed by atoms with Gasteiger partial charge in [-0.3, -0.25) is 4.90 Å². The maximum absolute atomic E-state index is 10.5. The van der Waals surface area contributed by atoms with Crippen LogP contribution >= 0.6 is 11.6 Å². The first-order valence-electron chi connectivity index (χ1n) is 7.44. The lowest BCUT2D eigenvalue weighted by Gasteiger charge is -2.34. The Morgan fingerprint density at radius 2 is 2.10 bits per heavy atom. The molecule has 0 spiro atoms. The second-order valence-corrected chi connectivity index (χ2v) is 6.50. The summed E-state index contributed by atoms with van der Waals surface area (Å²) in [6.07, 6.45) is 0. The summed E-state index contributed by atoms with van der Waals surface area (Å²) in [6.45, 7) is 9.20. The number of halogens is 1. The van der Waals surface area contributed by atoms with Crippen LogP contribution in [0, 0.1) is 6.92 Å². The number of ether oxygens (including phenoxy) is 1. The van der Waals surface area contributed by atoms with E-state index in [2.05, 4.69) is 17.1 Å². The van der Waals surface area contributed by atoms with E-state index in [9.17, 15) is 5.11 Å². The average Bonchev–Trinajstić information content (AvgIpc) is 2.42. The predicted molar refractivity (Wildman–Crippen MR) is 85.8 cm³/mol. The minimum Gasteiger partial charge on any atom is -0.388 e. The van der Waals surface area contributed by atoms with Crippen LogP contribution in [-0.2, 0) is 11.3 Å². The fourth-order valence-electron chi connectivity index (χ4n) is 2.62. The normalized spacial score (nSPS) is 19.4. The van der Waals surface area contributed by atoms with E-state index in [4.69, 9.17) is 16.3 Å². The summed E-state index contributed by atoms with van der Waals surface area (Å²) in [5.74, 6) is 0. The highest BCUT2D eigenvalue weighted by Crippen LogP contribution is 2.15. The molecule has 0 aliphatic carbocycles. The number of aliphatic hydroxyl groups is 1. The average molecular weight is 313 g/mol. The molecule has 0 aromatic heterocycles. The molecule has 1 saturated heterocycles. The van der Waals surface area contributed by atoms with Gasteiger partial charge in [0.1, 0.15) is 0 Å². The fraction of sp³-hybridized carbons (Fsp3) is 0.625. The van der Waals surface area contributed by atoms with Crippen molar-refractivity contribution in [1.82, 2.24) is 10.2 Å². The maximum Gasteiger partial charge on any atom is 0.0869 e. The summed E-state index contributed by atoms with van der Waals surface area (Å²) in [5.41, 5.74) is 1.64. The molecular weight excluding hydrogens is 288 g/mol. The molecular formula is C16H25ClN2O2. The summed E-state index contributed by atoms with van der Waals surface area (Å²) in [4.78, 5) is 2.25. The SMILES string of the molecule is Cc1cc(Cl)ccc1CNC[C@](C)(O)CN1CCOCC1. The highest BCUT2D eigenvalue weighted by molar-refractivity contribution is 6.30. The Bertz CT molecular complexity index is 460. The zero-order chi connectivity index (χ0) is 15.3. The zero-order valence-electron chi connectivity index (χ0n) is 12.9. The molecule has 1 aromatic carbocycles. The van der Waals surface area contributed by atoms with Gasteiger partial charge in [0.05, 0.1) is 18.8 Å². The van der Waals surface area contributed by atoms with E-state index in [0.29, 0.717) is 13.1 Å². The number of nitrogens with zero attached hydrogens (tertiary/aromatic N) is 1. The van der Waals surface area contributed by atoms with Crippen LogP contribution in [0.5, 0.6) is 0 Å². The first-order valence-corrected chi connectivity index (χ1v) is 7.82. The number of hydrogen-bond donors (Lipinski definition) is 2. The fourth-order valence-corrected chi connectivity index (χ4v) is 2.85. The third-order valence-electron chi connectivity index (χ3n) is 3.79. The number of nitrogens with one attached hydrogen (secondary N) is 1. The minimum atomic E-state index is -0.738. The summed E-state index contributed by atoms with van der Waals surface area (Å²) < 4.78 is 5.33. The molecule has 0 amide bonds. The first kappa shape index (κ1) is 16.7. The Hall–Kier alpha value is -0.650. The van der Waals surface area contributed by atoms with E-state index >= 15 is 0 Å². The van der Waals surface area contributed by atoms with E-state index in [0.717, 1.165) is 37.9 Å². The third-order valence-corrected chi connectivity index (χ3v) is 4.03. The molecule has 2 rings (SSSR count). The molecule has 21 heavy (non-hydrogen) atoms. The van der Waals surface area contributed by atoms with Gasteiger partial charge in [0.25, 0.3) is 0 Å². The molecule has 118 valence electrons. The number of rotatable bonds is 6. The maximum atomic E-state index is 10.5. The number of hydrogen-bond acceptors (Lipinski definition) is 4.